The zero-order valence-electron chi connectivity index (χ0n) is 21.6. The molecule has 0 aliphatic rings. The van der Waals surface area contributed by atoms with Gasteiger partial charge in [-0.15, -0.1) is 0 Å². The molecule has 2 aromatic carbocycles. The maximum absolute atomic E-state index is 12.5. The van der Waals surface area contributed by atoms with E-state index in [1.165, 1.54) is 13.3 Å². The first-order valence-corrected chi connectivity index (χ1v) is 12.9. The number of nitrogens with zero attached hydrogens (tertiary/aromatic N) is 2. The highest BCUT2D eigenvalue weighted by Gasteiger charge is 2.14. The van der Waals surface area contributed by atoms with Gasteiger partial charge >= 0.3 is 5.91 Å². The summed E-state index contributed by atoms with van der Waals surface area (Å²) in [6.07, 6.45) is 1.45. The molecule has 10 nitrogen and oxygen atoms in total. The lowest BCUT2D eigenvalue weighted by Gasteiger charge is -2.12. The molecule has 2 amide bonds. The van der Waals surface area contributed by atoms with Gasteiger partial charge in [0, 0.05) is 17.1 Å². The van der Waals surface area contributed by atoms with E-state index >= 15 is 0 Å². The number of nitrogens with two attached hydrogens (primary N) is 1. The second-order valence-corrected chi connectivity index (χ2v) is 9.65. The van der Waals surface area contributed by atoms with Crippen molar-refractivity contribution in [3.8, 4) is 22.9 Å². The Balaban J connectivity index is 1.32. The summed E-state index contributed by atoms with van der Waals surface area (Å²) in [7, 11) is 1.48. The largest absolute Gasteiger partial charge is 0.493 e. The van der Waals surface area contributed by atoms with Crippen molar-refractivity contribution in [1.82, 2.24) is 9.99 Å². The Bertz CT molecular complexity index is 1490. The third kappa shape index (κ3) is 6.99. The summed E-state index contributed by atoms with van der Waals surface area (Å²) in [5.74, 6) is 0.966. The van der Waals surface area contributed by atoms with Gasteiger partial charge < -0.3 is 28.9 Å². The lowest BCUT2D eigenvalue weighted by molar-refractivity contribution is -0.120. The van der Waals surface area contributed by atoms with Gasteiger partial charge in [0.1, 0.15) is 18.1 Å². The van der Waals surface area contributed by atoms with Gasteiger partial charge in [0.25, 0.3) is 5.91 Å². The van der Waals surface area contributed by atoms with Gasteiger partial charge in [-0.2, -0.15) is 5.10 Å². The molecule has 0 saturated heterocycles. The van der Waals surface area contributed by atoms with E-state index in [4.69, 9.17) is 24.4 Å². The van der Waals surface area contributed by atoms with Gasteiger partial charge in [0.05, 0.1) is 16.9 Å². The van der Waals surface area contributed by atoms with Crippen LogP contribution in [0.15, 0.2) is 70.2 Å². The van der Waals surface area contributed by atoms with Crippen LogP contribution < -0.4 is 25.4 Å². The molecule has 0 spiro atoms. The standard InChI is InChI=1S/C28H27IN4O6/c1-17-4-5-18(2)33(17)20-6-8-21(9-7-20)37-15-22-10-11-24(39-22)28(35)32-31-14-19-12-23(29)27(25(13-19)36-3)38-16-26(30)34/h4-14H,15-16H2,1-3H3,(H2,30,34)(H,32,35)/b31-14+. The molecule has 0 atom stereocenters. The molecular formula is C28H27IN4O6. The number of hydrazone groups is 1. The second-order valence-electron chi connectivity index (χ2n) is 8.49. The van der Waals surface area contributed by atoms with E-state index in [-0.39, 0.29) is 19.0 Å². The summed E-state index contributed by atoms with van der Waals surface area (Å²) in [6, 6.07) is 18.6. The van der Waals surface area contributed by atoms with Gasteiger partial charge in [0.2, 0.25) is 0 Å². The summed E-state index contributed by atoms with van der Waals surface area (Å²) < 4.78 is 25.0. The highest BCUT2D eigenvalue weighted by atomic mass is 127. The van der Waals surface area contributed by atoms with Crippen molar-refractivity contribution >= 4 is 40.6 Å². The second kappa shape index (κ2) is 12.5. The Hall–Kier alpha value is -4.26. The zero-order valence-corrected chi connectivity index (χ0v) is 23.7. The SMILES string of the molecule is COc1cc(/C=N/NC(=O)c2ccc(COc3ccc(-n4c(C)ccc4C)cc3)o2)cc(I)c1OCC(N)=O. The minimum Gasteiger partial charge on any atom is -0.493 e. The monoisotopic (exact) mass is 642 g/mol. The van der Waals surface area contributed by atoms with E-state index < -0.39 is 11.8 Å². The number of methoxy groups -OCH3 is 1. The molecule has 0 saturated carbocycles. The summed E-state index contributed by atoms with van der Waals surface area (Å²) >= 11 is 2.04. The van der Waals surface area contributed by atoms with E-state index in [1.54, 1.807) is 24.3 Å². The number of rotatable bonds is 11. The van der Waals surface area contributed by atoms with Crippen molar-refractivity contribution in [1.29, 1.82) is 0 Å². The summed E-state index contributed by atoms with van der Waals surface area (Å²) in [5, 5.41) is 3.99. The Kier molecular flexibility index (Phi) is 8.92. The molecule has 0 aliphatic heterocycles. The van der Waals surface area contributed by atoms with Crippen LogP contribution in [0.1, 0.15) is 33.3 Å². The number of aromatic nitrogens is 1. The number of primary amides is 1. The molecule has 0 bridgehead atoms. The molecule has 4 rings (SSSR count). The summed E-state index contributed by atoms with van der Waals surface area (Å²) in [5.41, 5.74) is 11.6. The van der Waals surface area contributed by atoms with E-state index in [1.807, 2.05) is 46.9 Å². The van der Waals surface area contributed by atoms with Crippen molar-refractivity contribution in [3.63, 3.8) is 0 Å². The molecule has 3 N–H and O–H groups in total. The summed E-state index contributed by atoms with van der Waals surface area (Å²) in [6.45, 7) is 4.02. The predicted molar refractivity (Wildman–Crippen MR) is 154 cm³/mol. The van der Waals surface area contributed by atoms with Gasteiger partial charge in [0.15, 0.2) is 23.9 Å². The molecule has 2 aromatic heterocycles. The highest BCUT2D eigenvalue weighted by Crippen LogP contribution is 2.33. The number of nitrogens with one attached hydrogen (secondary N) is 1. The van der Waals surface area contributed by atoms with Crippen LogP contribution in [-0.2, 0) is 11.4 Å². The molecule has 202 valence electrons. The van der Waals surface area contributed by atoms with E-state index in [2.05, 4.69) is 41.1 Å². The number of amides is 2. The van der Waals surface area contributed by atoms with Crippen LogP contribution in [0.3, 0.4) is 0 Å². The molecule has 0 unspecified atom stereocenters. The van der Waals surface area contributed by atoms with Crippen molar-refractivity contribution in [2.24, 2.45) is 10.8 Å². The van der Waals surface area contributed by atoms with Crippen molar-refractivity contribution in [2.45, 2.75) is 20.5 Å². The van der Waals surface area contributed by atoms with Crippen LogP contribution in [0.25, 0.3) is 5.69 Å². The smallest absolute Gasteiger partial charge is 0.307 e. The number of benzene rings is 2. The number of furan rings is 1. The zero-order chi connectivity index (χ0) is 27.9. The first-order valence-electron chi connectivity index (χ1n) is 11.8. The minimum absolute atomic E-state index is 0.0991. The number of halogens is 1. The first-order chi connectivity index (χ1) is 18.7. The first kappa shape index (κ1) is 27.8. The van der Waals surface area contributed by atoms with Crippen LogP contribution in [0.2, 0.25) is 0 Å². The Labute approximate surface area is 238 Å². The predicted octanol–water partition coefficient (Wildman–Crippen LogP) is 4.51. The molecule has 0 radical (unpaired) electrons. The average molecular weight is 642 g/mol. The number of ether oxygens (including phenoxy) is 3. The maximum Gasteiger partial charge on any atom is 0.307 e. The number of hydrogen-bond donors (Lipinski definition) is 2. The van der Waals surface area contributed by atoms with Gasteiger partial charge in [-0.25, -0.2) is 5.43 Å². The van der Waals surface area contributed by atoms with Gasteiger partial charge in [-0.3, -0.25) is 9.59 Å². The Morgan fingerprint density at radius 1 is 1.05 bits per heavy atom. The molecule has 0 fully saturated rings. The third-order valence-corrected chi connectivity index (χ3v) is 6.42. The Morgan fingerprint density at radius 3 is 2.44 bits per heavy atom. The van der Waals surface area contributed by atoms with Gasteiger partial charge in [-0.05, 0) is 103 Å². The average Bonchev–Trinajstić information content (AvgIpc) is 3.53. The summed E-state index contributed by atoms with van der Waals surface area (Å²) in [4.78, 5) is 23.5. The van der Waals surface area contributed by atoms with Crippen molar-refractivity contribution in [2.75, 3.05) is 13.7 Å². The molecule has 2 heterocycles. The fraction of sp³-hybridized carbons (Fsp3) is 0.179. The fourth-order valence-electron chi connectivity index (χ4n) is 3.82. The number of aryl methyl sites for hydroxylation is 2. The molecule has 0 aliphatic carbocycles. The molecule has 39 heavy (non-hydrogen) atoms. The lowest BCUT2D eigenvalue weighted by atomic mass is 10.2. The van der Waals surface area contributed by atoms with Crippen LogP contribution in [0, 0.1) is 17.4 Å². The highest BCUT2D eigenvalue weighted by molar-refractivity contribution is 14.1. The molecule has 11 heteroatoms. The third-order valence-electron chi connectivity index (χ3n) is 5.62. The fourth-order valence-corrected chi connectivity index (χ4v) is 4.60. The van der Waals surface area contributed by atoms with Crippen LogP contribution in [0.5, 0.6) is 17.2 Å². The van der Waals surface area contributed by atoms with Crippen LogP contribution >= 0.6 is 22.6 Å². The number of carbonyl (C=O) groups is 2. The number of carbonyl (C=O) groups excluding carboxylic acids is 2. The lowest BCUT2D eigenvalue weighted by Crippen LogP contribution is -2.20. The molecule has 4 aromatic rings. The van der Waals surface area contributed by atoms with Crippen LogP contribution in [0.4, 0.5) is 0 Å². The maximum atomic E-state index is 12.5. The quantitative estimate of drug-likeness (QED) is 0.141. The van der Waals surface area contributed by atoms with E-state index in [0.717, 1.165) is 17.1 Å². The van der Waals surface area contributed by atoms with E-state index in [0.29, 0.717) is 32.1 Å². The van der Waals surface area contributed by atoms with Crippen molar-refractivity contribution in [3.05, 3.63) is 92.7 Å². The van der Waals surface area contributed by atoms with Gasteiger partial charge in [-0.1, -0.05) is 0 Å². The number of hydrogen-bond acceptors (Lipinski definition) is 7. The topological polar surface area (TPSA) is 130 Å². The Morgan fingerprint density at radius 2 is 1.77 bits per heavy atom. The minimum atomic E-state index is -0.596. The normalized spacial score (nSPS) is 11.0. The van der Waals surface area contributed by atoms with Crippen LogP contribution in [-0.4, -0.2) is 36.3 Å². The molecular weight excluding hydrogens is 615 g/mol. The van der Waals surface area contributed by atoms with Crippen molar-refractivity contribution < 1.29 is 28.2 Å². The van der Waals surface area contributed by atoms with E-state index in [9.17, 15) is 9.59 Å².